The van der Waals surface area contributed by atoms with Crippen molar-refractivity contribution in [2.45, 2.75) is 65.0 Å². The lowest BCUT2D eigenvalue weighted by Gasteiger charge is -2.36. The van der Waals surface area contributed by atoms with Gasteiger partial charge in [0, 0.05) is 31.7 Å². The van der Waals surface area contributed by atoms with Crippen LogP contribution in [-0.2, 0) is 10.2 Å². The van der Waals surface area contributed by atoms with Crippen molar-refractivity contribution in [2.24, 2.45) is 0 Å². The minimum Gasteiger partial charge on any atom is -0.355 e. The number of rotatable bonds is 6. The van der Waals surface area contributed by atoms with Gasteiger partial charge in [0.15, 0.2) is 0 Å². The van der Waals surface area contributed by atoms with E-state index in [0.717, 1.165) is 12.1 Å². The summed E-state index contributed by atoms with van der Waals surface area (Å²) in [4.78, 5) is 23.3. The Kier molecular flexibility index (Phi) is 7.79. The van der Waals surface area contributed by atoms with Gasteiger partial charge >= 0.3 is 6.03 Å². The molecule has 8 nitrogen and oxygen atoms in total. The highest BCUT2D eigenvalue weighted by atomic mass is 16.2. The van der Waals surface area contributed by atoms with Crippen molar-refractivity contribution >= 4 is 17.6 Å². The average molecular weight is 391 g/mol. The molecule has 156 valence electrons. The SMILES string of the molecule is CC(=O)NCCNC1CC(C)NC(NC(=O)Nc2ccc(C(C)(C)C)cc2)N1. The molecule has 0 spiro atoms. The number of anilines is 1. The fourth-order valence-corrected chi connectivity index (χ4v) is 3.09. The average Bonchev–Trinajstić information content (AvgIpc) is 2.57. The number of carbonyl (C=O) groups is 2. The Hall–Kier alpha value is -2.16. The maximum Gasteiger partial charge on any atom is 0.321 e. The maximum absolute atomic E-state index is 12.3. The third-order valence-electron chi connectivity index (χ3n) is 4.58. The first-order valence-corrected chi connectivity index (χ1v) is 9.81. The molecule has 3 unspecified atom stereocenters. The zero-order valence-electron chi connectivity index (χ0n) is 17.5. The summed E-state index contributed by atoms with van der Waals surface area (Å²) in [6.07, 6.45) is 0.561. The van der Waals surface area contributed by atoms with Crippen LogP contribution in [-0.4, -0.2) is 43.5 Å². The van der Waals surface area contributed by atoms with Crippen molar-refractivity contribution in [3.05, 3.63) is 29.8 Å². The Morgan fingerprint density at radius 1 is 1.11 bits per heavy atom. The van der Waals surface area contributed by atoms with Crippen molar-refractivity contribution in [3.63, 3.8) is 0 Å². The Labute approximate surface area is 167 Å². The molecular weight excluding hydrogens is 356 g/mol. The van der Waals surface area contributed by atoms with Crippen LogP contribution in [0.15, 0.2) is 24.3 Å². The van der Waals surface area contributed by atoms with Crippen LogP contribution < -0.4 is 31.9 Å². The molecule has 1 fully saturated rings. The number of benzene rings is 1. The topological polar surface area (TPSA) is 106 Å². The van der Waals surface area contributed by atoms with Crippen LogP contribution in [0, 0.1) is 0 Å². The fraction of sp³-hybridized carbons (Fsp3) is 0.600. The molecule has 28 heavy (non-hydrogen) atoms. The highest BCUT2D eigenvalue weighted by Gasteiger charge is 2.25. The molecule has 1 aromatic rings. The fourth-order valence-electron chi connectivity index (χ4n) is 3.09. The number of amides is 3. The maximum atomic E-state index is 12.3. The van der Waals surface area contributed by atoms with Crippen molar-refractivity contribution < 1.29 is 9.59 Å². The third-order valence-corrected chi connectivity index (χ3v) is 4.58. The van der Waals surface area contributed by atoms with E-state index in [-0.39, 0.29) is 35.9 Å². The highest BCUT2D eigenvalue weighted by molar-refractivity contribution is 5.89. The number of hydrogen-bond acceptors (Lipinski definition) is 5. The van der Waals surface area contributed by atoms with Crippen molar-refractivity contribution in [1.29, 1.82) is 0 Å². The predicted octanol–water partition coefficient (Wildman–Crippen LogP) is 1.41. The quantitative estimate of drug-likeness (QED) is 0.412. The van der Waals surface area contributed by atoms with Crippen molar-refractivity contribution in [3.8, 4) is 0 Å². The molecule has 0 aromatic heterocycles. The van der Waals surface area contributed by atoms with E-state index in [1.807, 2.05) is 24.3 Å². The van der Waals surface area contributed by atoms with Crippen LogP contribution in [0.4, 0.5) is 10.5 Å². The molecule has 0 radical (unpaired) electrons. The number of nitrogens with one attached hydrogen (secondary N) is 6. The first kappa shape index (κ1) is 22.1. The van der Waals surface area contributed by atoms with Gasteiger partial charge in [-0.15, -0.1) is 0 Å². The summed E-state index contributed by atoms with van der Waals surface area (Å²) < 4.78 is 0. The molecule has 1 heterocycles. The summed E-state index contributed by atoms with van der Waals surface area (Å²) in [7, 11) is 0. The van der Waals surface area contributed by atoms with E-state index in [1.165, 1.54) is 12.5 Å². The first-order chi connectivity index (χ1) is 13.1. The van der Waals surface area contributed by atoms with Gasteiger partial charge in [0.2, 0.25) is 5.91 Å². The van der Waals surface area contributed by atoms with E-state index < -0.39 is 0 Å². The summed E-state index contributed by atoms with van der Waals surface area (Å²) in [6, 6.07) is 7.84. The Bertz CT molecular complexity index is 656. The molecule has 2 rings (SSSR count). The van der Waals surface area contributed by atoms with E-state index in [1.54, 1.807) is 0 Å². The number of urea groups is 1. The molecular formula is C20H34N6O2. The molecule has 0 bridgehead atoms. The number of carbonyl (C=O) groups excluding carboxylic acids is 2. The van der Waals surface area contributed by atoms with E-state index in [9.17, 15) is 9.59 Å². The van der Waals surface area contributed by atoms with Gasteiger partial charge in [-0.2, -0.15) is 0 Å². The van der Waals surface area contributed by atoms with Gasteiger partial charge in [0.1, 0.15) is 6.29 Å². The Morgan fingerprint density at radius 2 is 1.79 bits per heavy atom. The van der Waals surface area contributed by atoms with Crippen LogP contribution in [0.2, 0.25) is 0 Å². The van der Waals surface area contributed by atoms with Crippen LogP contribution in [0.3, 0.4) is 0 Å². The molecule has 1 aliphatic rings. The summed E-state index contributed by atoms with van der Waals surface area (Å²) in [5.74, 6) is -0.0415. The van der Waals surface area contributed by atoms with Crippen molar-refractivity contribution in [1.82, 2.24) is 26.6 Å². The minimum absolute atomic E-state index is 0.0415. The second-order valence-electron chi connectivity index (χ2n) is 8.32. The van der Waals surface area contributed by atoms with Gasteiger partial charge in [-0.3, -0.25) is 15.4 Å². The first-order valence-electron chi connectivity index (χ1n) is 9.81. The largest absolute Gasteiger partial charge is 0.355 e. The molecule has 1 aliphatic heterocycles. The van der Waals surface area contributed by atoms with Gasteiger partial charge in [-0.25, -0.2) is 4.79 Å². The molecule has 1 aromatic carbocycles. The van der Waals surface area contributed by atoms with Gasteiger partial charge < -0.3 is 21.3 Å². The second kappa shape index (κ2) is 9.86. The molecule has 6 N–H and O–H groups in total. The zero-order chi connectivity index (χ0) is 20.7. The standard InChI is InChI=1S/C20H34N6O2/c1-13-12-17(22-11-10-21-14(2)27)25-18(23-13)26-19(28)24-16-8-6-15(7-9-16)20(3,4)5/h6-9,13,17-18,22-23,25H,10-12H2,1-5H3,(H,21,27)(H2,24,26,28). The summed E-state index contributed by atoms with van der Waals surface area (Å²) in [5, 5.41) is 18.5. The summed E-state index contributed by atoms with van der Waals surface area (Å²) in [5.41, 5.74) is 2.05. The Balaban J connectivity index is 1.81. The third kappa shape index (κ3) is 7.46. The van der Waals surface area contributed by atoms with E-state index in [2.05, 4.69) is 59.6 Å². The molecule has 0 saturated carbocycles. The van der Waals surface area contributed by atoms with Crippen LogP contribution >= 0.6 is 0 Å². The smallest absolute Gasteiger partial charge is 0.321 e. The molecule has 0 aliphatic carbocycles. The second-order valence-corrected chi connectivity index (χ2v) is 8.32. The zero-order valence-corrected chi connectivity index (χ0v) is 17.5. The van der Waals surface area contributed by atoms with E-state index >= 15 is 0 Å². The predicted molar refractivity (Wildman–Crippen MR) is 112 cm³/mol. The lowest BCUT2D eigenvalue weighted by Crippen LogP contribution is -2.68. The van der Waals surface area contributed by atoms with E-state index in [0.29, 0.717) is 13.1 Å². The van der Waals surface area contributed by atoms with Gasteiger partial charge in [0.25, 0.3) is 0 Å². The normalized spacial score (nSPS) is 22.4. The van der Waals surface area contributed by atoms with Gasteiger partial charge in [-0.1, -0.05) is 32.9 Å². The van der Waals surface area contributed by atoms with Gasteiger partial charge in [0.05, 0.1) is 6.17 Å². The lowest BCUT2D eigenvalue weighted by molar-refractivity contribution is -0.118. The van der Waals surface area contributed by atoms with Crippen LogP contribution in [0.5, 0.6) is 0 Å². The number of hydrogen-bond donors (Lipinski definition) is 6. The summed E-state index contributed by atoms with van der Waals surface area (Å²) in [6.45, 7) is 11.3. The Morgan fingerprint density at radius 3 is 2.39 bits per heavy atom. The van der Waals surface area contributed by atoms with Crippen LogP contribution in [0.1, 0.15) is 46.6 Å². The van der Waals surface area contributed by atoms with Gasteiger partial charge in [-0.05, 0) is 36.5 Å². The highest BCUT2D eigenvalue weighted by Crippen LogP contribution is 2.23. The van der Waals surface area contributed by atoms with E-state index in [4.69, 9.17) is 0 Å². The molecule has 3 atom stereocenters. The monoisotopic (exact) mass is 390 g/mol. The summed E-state index contributed by atoms with van der Waals surface area (Å²) >= 11 is 0. The van der Waals surface area contributed by atoms with Crippen molar-refractivity contribution in [2.75, 3.05) is 18.4 Å². The lowest BCUT2D eigenvalue weighted by atomic mass is 9.87. The molecule has 8 heteroatoms. The molecule has 1 saturated heterocycles. The minimum atomic E-state index is -0.351. The van der Waals surface area contributed by atoms with Crippen LogP contribution in [0.25, 0.3) is 0 Å². The molecule has 3 amide bonds.